The predicted molar refractivity (Wildman–Crippen MR) is 92.2 cm³/mol. The molecular formula is C18H20BrNO. The van der Waals surface area contributed by atoms with Crippen LogP contribution in [0, 0.1) is 13.8 Å². The van der Waals surface area contributed by atoms with Crippen molar-refractivity contribution < 1.29 is 4.79 Å². The third-order valence-electron chi connectivity index (χ3n) is 3.48. The zero-order chi connectivity index (χ0) is 15.2. The summed E-state index contributed by atoms with van der Waals surface area (Å²) in [5.41, 5.74) is 5.54. The Morgan fingerprint density at radius 3 is 2.48 bits per heavy atom. The molecule has 0 radical (unpaired) electrons. The minimum atomic E-state index is 0.0249. The molecule has 2 aromatic rings. The van der Waals surface area contributed by atoms with Crippen LogP contribution in [0.3, 0.4) is 0 Å². The monoisotopic (exact) mass is 345 g/mol. The van der Waals surface area contributed by atoms with Gasteiger partial charge < -0.3 is 5.32 Å². The van der Waals surface area contributed by atoms with Gasteiger partial charge in [-0.1, -0.05) is 51.8 Å². The highest BCUT2D eigenvalue weighted by atomic mass is 79.9. The Morgan fingerprint density at radius 1 is 1.10 bits per heavy atom. The van der Waals surface area contributed by atoms with Gasteiger partial charge in [-0.05, 0) is 49.1 Å². The van der Waals surface area contributed by atoms with Crippen molar-refractivity contribution in [2.24, 2.45) is 0 Å². The molecule has 21 heavy (non-hydrogen) atoms. The molecule has 0 spiro atoms. The van der Waals surface area contributed by atoms with Crippen molar-refractivity contribution in [1.82, 2.24) is 0 Å². The number of anilines is 1. The van der Waals surface area contributed by atoms with Crippen molar-refractivity contribution in [3.8, 4) is 0 Å². The zero-order valence-corrected chi connectivity index (χ0v) is 14.0. The number of halogens is 1. The molecule has 1 N–H and O–H groups in total. The van der Waals surface area contributed by atoms with Gasteiger partial charge in [-0.15, -0.1) is 0 Å². The van der Waals surface area contributed by atoms with Gasteiger partial charge in [0.25, 0.3) is 0 Å². The lowest BCUT2D eigenvalue weighted by Gasteiger charge is -2.09. The van der Waals surface area contributed by atoms with Crippen LogP contribution in [0.5, 0.6) is 0 Å². The number of hydrogen-bond acceptors (Lipinski definition) is 1. The van der Waals surface area contributed by atoms with Gasteiger partial charge in [0.15, 0.2) is 0 Å². The number of nitrogens with one attached hydrogen (secondary N) is 1. The Morgan fingerprint density at radius 2 is 1.81 bits per heavy atom. The molecule has 0 saturated carbocycles. The average Bonchev–Trinajstić information content (AvgIpc) is 2.45. The molecule has 0 saturated heterocycles. The predicted octanol–water partition coefficient (Wildman–Crippen LogP) is 4.42. The molecule has 110 valence electrons. The molecule has 2 aromatic carbocycles. The van der Waals surface area contributed by atoms with Crippen LogP contribution in [0.2, 0.25) is 0 Å². The van der Waals surface area contributed by atoms with E-state index in [1.54, 1.807) is 0 Å². The number of alkyl halides is 1. The van der Waals surface area contributed by atoms with Gasteiger partial charge >= 0.3 is 0 Å². The Hall–Kier alpha value is -1.61. The van der Waals surface area contributed by atoms with Crippen LogP contribution in [0.25, 0.3) is 0 Å². The molecule has 0 unspecified atom stereocenters. The van der Waals surface area contributed by atoms with Crippen molar-refractivity contribution in [2.45, 2.75) is 26.7 Å². The van der Waals surface area contributed by atoms with E-state index in [-0.39, 0.29) is 5.91 Å². The second-order valence-electron chi connectivity index (χ2n) is 5.29. The molecule has 0 atom stereocenters. The van der Waals surface area contributed by atoms with E-state index in [1.165, 1.54) is 11.1 Å². The fraction of sp³-hybridized carbons (Fsp3) is 0.278. The topological polar surface area (TPSA) is 29.1 Å². The molecule has 3 heteroatoms. The first-order valence-corrected chi connectivity index (χ1v) is 8.21. The van der Waals surface area contributed by atoms with Crippen LogP contribution in [0.1, 0.15) is 22.3 Å². The Balaban J connectivity index is 1.99. The first-order valence-electron chi connectivity index (χ1n) is 7.09. The third-order valence-corrected chi connectivity index (χ3v) is 3.87. The van der Waals surface area contributed by atoms with E-state index >= 15 is 0 Å². The van der Waals surface area contributed by atoms with Crippen LogP contribution < -0.4 is 5.32 Å². The van der Waals surface area contributed by atoms with E-state index in [0.717, 1.165) is 28.6 Å². The van der Waals surface area contributed by atoms with Crippen molar-refractivity contribution in [2.75, 3.05) is 10.6 Å². The van der Waals surface area contributed by atoms with E-state index in [0.29, 0.717) is 6.42 Å². The van der Waals surface area contributed by atoms with Gasteiger partial charge in [0, 0.05) is 11.0 Å². The molecule has 2 rings (SSSR count). The van der Waals surface area contributed by atoms with Crippen molar-refractivity contribution in [1.29, 1.82) is 0 Å². The summed E-state index contributed by atoms with van der Waals surface area (Å²) in [7, 11) is 0. The average molecular weight is 346 g/mol. The maximum absolute atomic E-state index is 12.1. The van der Waals surface area contributed by atoms with E-state index in [4.69, 9.17) is 0 Å². The van der Waals surface area contributed by atoms with Gasteiger partial charge in [-0.3, -0.25) is 4.79 Å². The van der Waals surface area contributed by atoms with E-state index in [2.05, 4.69) is 51.6 Å². The number of benzene rings is 2. The van der Waals surface area contributed by atoms with Crippen LogP contribution in [0.15, 0.2) is 42.5 Å². The molecule has 0 fully saturated rings. The van der Waals surface area contributed by atoms with Crippen LogP contribution >= 0.6 is 15.9 Å². The van der Waals surface area contributed by atoms with Crippen LogP contribution in [-0.2, 0) is 17.6 Å². The molecule has 1 amide bonds. The van der Waals surface area contributed by atoms with E-state index in [9.17, 15) is 4.79 Å². The second kappa shape index (κ2) is 7.41. The fourth-order valence-corrected chi connectivity index (χ4v) is 2.69. The summed E-state index contributed by atoms with van der Waals surface area (Å²) in [5, 5.41) is 3.91. The Kier molecular flexibility index (Phi) is 5.57. The molecule has 0 heterocycles. The largest absolute Gasteiger partial charge is 0.326 e. The minimum absolute atomic E-state index is 0.0249. The van der Waals surface area contributed by atoms with Gasteiger partial charge in [0.2, 0.25) is 5.91 Å². The maximum Gasteiger partial charge on any atom is 0.228 e. The second-order valence-corrected chi connectivity index (χ2v) is 6.08. The van der Waals surface area contributed by atoms with Crippen molar-refractivity contribution in [3.05, 3.63) is 64.7 Å². The number of rotatable bonds is 5. The van der Waals surface area contributed by atoms with Gasteiger partial charge in [0.1, 0.15) is 0 Å². The summed E-state index contributed by atoms with van der Waals surface area (Å²) < 4.78 is 0. The summed E-state index contributed by atoms with van der Waals surface area (Å²) in [6.07, 6.45) is 1.41. The van der Waals surface area contributed by atoms with E-state index in [1.807, 2.05) is 26.0 Å². The Labute approximate surface area is 134 Å². The van der Waals surface area contributed by atoms with Gasteiger partial charge in [-0.25, -0.2) is 0 Å². The number of carbonyl (C=O) groups excluding carboxylic acids is 1. The summed E-state index contributed by atoms with van der Waals surface area (Å²) in [6.45, 7) is 4.08. The highest BCUT2D eigenvalue weighted by Gasteiger charge is 2.07. The highest BCUT2D eigenvalue weighted by molar-refractivity contribution is 9.09. The lowest BCUT2D eigenvalue weighted by atomic mass is 10.0. The quantitative estimate of drug-likeness (QED) is 0.798. The minimum Gasteiger partial charge on any atom is -0.326 e. The highest BCUT2D eigenvalue weighted by Crippen LogP contribution is 2.14. The summed E-state index contributed by atoms with van der Waals surface area (Å²) in [5.74, 6) is 0.0249. The number of aryl methyl sites for hydroxylation is 3. The number of carbonyl (C=O) groups is 1. The molecule has 2 nitrogen and oxygen atoms in total. The van der Waals surface area contributed by atoms with Crippen molar-refractivity contribution in [3.63, 3.8) is 0 Å². The number of amides is 1. The normalized spacial score (nSPS) is 10.4. The summed E-state index contributed by atoms with van der Waals surface area (Å²) in [4.78, 5) is 12.1. The van der Waals surface area contributed by atoms with Gasteiger partial charge in [-0.2, -0.15) is 0 Å². The maximum atomic E-state index is 12.1. The Bertz CT molecular complexity index is 620. The SMILES string of the molecule is Cc1ccc(C)c(CC(=O)Nc2ccc(CCBr)cc2)c1. The first kappa shape index (κ1) is 15.8. The molecule has 0 aliphatic rings. The lowest BCUT2D eigenvalue weighted by molar-refractivity contribution is -0.115. The fourth-order valence-electron chi connectivity index (χ4n) is 2.23. The molecule has 0 aliphatic heterocycles. The van der Waals surface area contributed by atoms with E-state index < -0.39 is 0 Å². The number of hydrogen-bond donors (Lipinski definition) is 1. The van der Waals surface area contributed by atoms with Gasteiger partial charge in [0.05, 0.1) is 6.42 Å². The zero-order valence-electron chi connectivity index (χ0n) is 12.4. The molecule has 0 aromatic heterocycles. The summed E-state index contributed by atoms with van der Waals surface area (Å²) in [6, 6.07) is 14.2. The molecule has 0 aliphatic carbocycles. The smallest absolute Gasteiger partial charge is 0.228 e. The van der Waals surface area contributed by atoms with Crippen LogP contribution in [-0.4, -0.2) is 11.2 Å². The first-order chi connectivity index (χ1) is 10.1. The lowest BCUT2D eigenvalue weighted by Crippen LogP contribution is -2.15. The summed E-state index contributed by atoms with van der Waals surface area (Å²) >= 11 is 3.42. The molecule has 0 bridgehead atoms. The van der Waals surface area contributed by atoms with Crippen LogP contribution in [0.4, 0.5) is 5.69 Å². The molecular weight excluding hydrogens is 326 g/mol. The standard InChI is InChI=1S/C18H20BrNO/c1-13-3-4-14(2)16(11-13)12-18(21)20-17-7-5-15(6-8-17)9-10-19/h3-8,11H,9-10,12H2,1-2H3,(H,20,21). The van der Waals surface area contributed by atoms with Crippen molar-refractivity contribution >= 4 is 27.5 Å². The third kappa shape index (κ3) is 4.71.